The molecule has 1 aliphatic rings. The normalized spacial score (nSPS) is 14.0. The van der Waals surface area contributed by atoms with Crippen LogP contribution in [0.15, 0.2) is 35.1 Å². The number of carbonyl (C=O) groups excluding carboxylic acids is 2. The summed E-state index contributed by atoms with van der Waals surface area (Å²) < 4.78 is 5.03. The van der Waals surface area contributed by atoms with Crippen LogP contribution in [0.4, 0.5) is 11.6 Å². The first-order valence-electron chi connectivity index (χ1n) is 9.56. The number of nitrogens with one attached hydrogen (secondary N) is 1. The van der Waals surface area contributed by atoms with Gasteiger partial charge in [-0.1, -0.05) is 35.8 Å². The molecule has 3 heterocycles. The summed E-state index contributed by atoms with van der Waals surface area (Å²) in [5.74, 6) is 0.810. The van der Waals surface area contributed by atoms with Gasteiger partial charge in [-0.05, 0) is 25.5 Å². The van der Waals surface area contributed by atoms with E-state index in [0.717, 1.165) is 5.56 Å². The zero-order valence-electron chi connectivity index (χ0n) is 16.8. The molecule has 9 heteroatoms. The van der Waals surface area contributed by atoms with E-state index in [2.05, 4.69) is 20.4 Å². The first-order chi connectivity index (χ1) is 14.4. The van der Waals surface area contributed by atoms with Gasteiger partial charge >= 0.3 is 0 Å². The highest BCUT2D eigenvalue weighted by molar-refractivity contribution is 6.33. The molecule has 1 N–H and O–H groups in total. The van der Waals surface area contributed by atoms with Crippen molar-refractivity contribution in [2.75, 3.05) is 5.32 Å². The van der Waals surface area contributed by atoms with E-state index in [4.69, 9.17) is 16.1 Å². The van der Waals surface area contributed by atoms with Crippen LogP contribution in [0.25, 0.3) is 11.3 Å². The van der Waals surface area contributed by atoms with Gasteiger partial charge in [0.25, 0.3) is 5.91 Å². The predicted molar refractivity (Wildman–Crippen MR) is 112 cm³/mol. The molecule has 0 spiro atoms. The van der Waals surface area contributed by atoms with Crippen molar-refractivity contribution in [2.24, 2.45) is 0 Å². The molecule has 30 heavy (non-hydrogen) atoms. The number of hydrogen-bond donors (Lipinski definition) is 1. The Hall–Kier alpha value is -3.26. The molecule has 0 fully saturated rings. The summed E-state index contributed by atoms with van der Waals surface area (Å²) in [7, 11) is 0. The molecule has 1 aliphatic heterocycles. The average Bonchev–Trinajstić information content (AvgIpc) is 3.30. The van der Waals surface area contributed by atoms with Crippen LogP contribution in [0.1, 0.15) is 41.9 Å². The number of aryl methyl sites for hydroxylation is 1. The minimum absolute atomic E-state index is 0.0370. The van der Waals surface area contributed by atoms with Crippen molar-refractivity contribution >= 4 is 34.9 Å². The van der Waals surface area contributed by atoms with Crippen LogP contribution in [-0.4, -0.2) is 37.8 Å². The number of hydrogen-bond acceptors (Lipinski definition) is 7. The van der Waals surface area contributed by atoms with E-state index < -0.39 is 6.04 Å². The number of rotatable bonds is 6. The first kappa shape index (κ1) is 20.0. The van der Waals surface area contributed by atoms with Crippen molar-refractivity contribution in [1.29, 1.82) is 0 Å². The van der Waals surface area contributed by atoms with E-state index in [1.165, 1.54) is 12.4 Å². The topological polar surface area (TPSA) is 101 Å². The molecule has 0 aliphatic carbocycles. The summed E-state index contributed by atoms with van der Waals surface area (Å²) in [6.45, 7) is 5.75. The van der Waals surface area contributed by atoms with Gasteiger partial charge in [-0.2, -0.15) is 0 Å². The van der Waals surface area contributed by atoms with E-state index in [0.29, 0.717) is 52.2 Å². The lowest BCUT2D eigenvalue weighted by Gasteiger charge is -2.22. The minimum atomic E-state index is -0.455. The molecule has 0 bridgehead atoms. The van der Waals surface area contributed by atoms with Crippen LogP contribution in [0, 0.1) is 6.92 Å². The molecule has 0 radical (unpaired) electrons. The quantitative estimate of drug-likeness (QED) is 0.632. The summed E-state index contributed by atoms with van der Waals surface area (Å²) in [6.07, 6.45) is 3.43. The second kappa shape index (κ2) is 7.87. The van der Waals surface area contributed by atoms with Crippen LogP contribution < -0.4 is 5.32 Å². The van der Waals surface area contributed by atoms with Gasteiger partial charge in [-0.25, -0.2) is 9.97 Å². The Morgan fingerprint density at radius 1 is 1.37 bits per heavy atom. The minimum Gasteiger partial charge on any atom is -0.359 e. The predicted octanol–water partition coefficient (Wildman–Crippen LogP) is 4.16. The Bertz CT molecular complexity index is 1140. The highest BCUT2D eigenvalue weighted by atomic mass is 35.5. The van der Waals surface area contributed by atoms with E-state index in [9.17, 15) is 9.59 Å². The van der Waals surface area contributed by atoms with Crippen LogP contribution in [0.2, 0.25) is 5.02 Å². The molecular formula is C21H20ClN5O3. The summed E-state index contributed by atoms with van der Waals surface area (Å²) in [5.41, 5.74) is 3.27. The van der Waals surface area contributed by atoms with Crippen molar-refractivity contribution in [1.82, 2.24) is 20.0 Å². The average molecular weight is 426 g/mol. The number of carbonyl (C=O) groups is 2. The maximum atomic E-state index is 12.9. The van der Waals surface area contributed by atoms with Crippen molar-refractivity contribution in [2.45, 2.75) is 39.8 Å². The number of halogens is 1. The standard InChI is InChI=1S/C21H20ClN5O3/c1-4-18(28)11(2)27-10-14-6-5-13(7-15(14)20(27)29)19-16(22)8-23-21(26-19)25-17-9-24-30-12(17)3/h5-9,11H,4,10H2,1-3H3,(H,23,25,26)/t11-/m1/s1. The lowest BCUT2D eigenvalue weighted by molar-refractivity contribution is -0.122. The monoisotopic (exact) mass is 425 g/mol. The number of amides is 1. The van der Waals surface area contributed by atoms with Crippen LogP contribution in [-0.2, 0) is 11.3 Å². The van der Waals surface area contributed by atoms with E-state index in [-0.39, 0.29) is 11.7 Å². The van der Waals surface area contributed by atoms with Gasteiger partial charge in [0.1, 0.15) is 5.69 Å². The van der Waals surface area contributed by atoms with Gasteiger partial charge in [-0.3, -0.25) is 9.59 Å². The van der Waals surface area contributed by atoms with Crippen molar-refractivity contribution in [3.8, 4) is 11.3 Å². The molecule has 8 nitrogen and oxygen atoms in total. The lowest BCUT2D eigenvalue weighted by atomic mass is 10.0. The van der Waals surface area contributed by atoms with Gasteiger partial charge in [0, 0.05) is 24.1 Å². The first-order valence-corrected chi connectivity index (χ1v) is 9.94. The van der Waals surface area contributed by atoms with Crippen LogP contribution >= 0.6 is 11.6 Å². The number of benzene rings is 1. The molecule has 2 aromatic heterocycles. The van der Waals surface area contributed by atoms with Crippen molar-refractivity contribution in [3.05, 3.63) is 52.5 Å². The summed E-state index contributed by atoms with van der Waals surface area (Å²) >= 11 is 6.35. The van der Waals surface area contributed by atoms with Gasteiger partial charge in [0.2, 0.25) is 5.95 Å². The van der Waals surface area contributed by atoms with Gasteiger partial charge in [-0.15, -0.1) is 0 Å². The van der Waals surface area contributed by atoms with E-state index >= 15 is 0 Å². The summed E-state index contributed by atoms with van der Waals surface area (Å²) in [6, 6.07) is 5.05. The smallest absolute Gasteiger partial charge is 0.255 e. The molecule has 0 unspecified atom stereocenters. The highest BCUT2D eigenvalue weighted by Crippen LogP contribution is 2.32. The largest absolute Gasteiger partial charge is 0.359 e. The second-order valence-electron chi connectivity index (χ2n) is 7.11. The molecule has 1 atom stereocenters. The third kappa shape index (κ3) is 3.54. The van der Waals surface area contributed by atoms with Crippen molar-refractivity contribution in [3.63, 3.8) is 0 Å². The highest BCUT2D eigenvalue weighted by Gasteiger charge is 2.33. The number of anilines is 2. The molecule has 4 rings (SSSR count). The second-order valence-corrected chi connectivity index (χ2v) is 7.52. The Morgan fingerprint density at radius 2 is 2.17 bits per heavy atom. The fourth-order valence-corrected chi connectivity index (χ4v) is 3.62. The maximum Gasteiger partial charge on any atom is 0.255 e. The van der Waals surface area contributed by atoms with E-state index in [1.807, 2.05) is 12.1 Å². The molecule has 1 amide bonds. The fourth-order valence-electron chi connectivity index (χ4n) is 3.42. The Balaban J connectivity index is 1.65. The summed E-state index contributed by atoms with van der Waals surface area (Å²) in [5, 5.41) is 7.12. The summed E-state index contributed by atoms with van der Waals surface area (Å²) in [4.78, 5) is 35.3. The third-order valence-electron chi connectivity index (χ3n) is 5.24. The Labute approximate surface area is 178 Å². The molecule has 1 aromatic carbocycles. The van der Waals surface area contributed by atoms with Gasteiger partial charge in [0.05, 0.1) is 29.2 Å². The lowest BCUT2D eigenvalue weighted by Crippen LogP contribution is -2.38. The molecule has 154 valence electrons. The Morgan fingerprint density at radius 3 is 2.87 bits per heavy atom. The van der Waals surface area contributed by atoms with Gasteiger partial charge < -0.3 is 14.7 Å². The molecular weight excluding hydrogens is 406 g/mol. The van der Waals surface area contributed by atoms with E-state index in [1.54, 1.807) is 31.7 Å². The molecule has 0 saturated carbocycles. The zero-order chi connectivity index (χ0) is 21.4. The Kier molecular flexibility index (Phi) is 5.26. The van der Waals surface area contributed by atoms with Crippen LogP contribution in [0.5, 0.6) is 0 Å². The molecule has 0 saturated heterocycles. The van der Waals surface area contributed by atoms with Crippen LogP contribution in [0.3, 0.4) is 0 Å². The number of fused-ring (bicyclic) bond motifs is 1. The number of aromatic nitrogens is 3. The molecule has 3 aromatic rings. The third-order valence-corrected chi connectivity index (χ3v) is 5.52. The van der Waals surface area contributed by atoms with Crippen molar-refractivity contribution < 1.29 is 14.1 Å². The number of nitrogens with zero attached hydrogens (tertiary/aromatic N) is 4. The fraction of sp³-hybridized carbons (Fsp3) is 0.286. The number of ketones is 1. The maximum absolute atomic E-state index is 12.9. The number of Topliss-reactive ketones (excluding diaryl/α,β-unsaturated/α-hetero) is 1. The zero-order valence-corrected chi connectivity index (χ0v) is 17.5. The SMILES string of the molecule is CCC(=O)[C@@H](C)N1Cc2ccc(-c3nc(Nc4cnoc4C)ncc3Cl)cc2C1=O. The van der Waals surface area contributed by atoms with Gasteiger partial charge in [0.15, 0.2) is 11.5 Å².